The highest BCUT2D eigenvalue weighted by Gasteiger charge is 2.28. The zero-order chi connectivity index (χ0) is 14.6. The van der Waals surface area contributed by atoms with Gasteiger partial charge in [0, 0.05) is 12.5 Å². The van der Waals surface area contributed by atoms with Crippen LogP contribution in [0.4, 0.5) is 13.2 Å². The zero-order valence-corrected chi connectivity index (χ0v) is 11.8. The van der Waals surface area contributed by atoms with Crippen molar-refractivity contribution >= 4 is 12.4 Å². The van der Waals surface area contributed by atoms with Crippen LogP contribution in [0.25, 0.3) is 0 Å². The van der Waals surface area contributed by atoms with Crippen LogP contribution in [0.2, 0.25) is 0 Å². The van der Waals surface area contributed by atoms with Gasteiger partial charge < -0.3 is 20.3 Å². The molecule has 116 valence electrons. The first kappa shape index (κ1) is 18.7. The maximum Gasteiger partial charge on any atom is 0.389 e. The SMILES string of the molecule is COc1cc([C@@H](N)CCC(F)(F)F)cc(OC)c1O.Cl. The van der Waals surface area contributed by atoms with Crippen LogP contribution in [0.1, 0.15) is 24.4 Å². The maximum absolute atomic E-state index is 12.1. The first-order valence-corrected chi connectivity index (χ1v) is 5.55. The van der Waals surface area contributed by atoms with Gasteiger partial charge in [0.05, 0.1) is 14.2 Å². The van der Waals surface area contributed by atoms with E-state index in [1.54, 1.807) is 0 Å². The highest BCUT2D eigenvalue weighted by molar-refractivity contribution is 5.85. The van der Waals surface area contributed by atoms with E-state index in [1.807, 2.05) is 0 Å². The number of benzene rings is 1. The van der Waals surface area contributed by atoms with Crippen LogP contribution >= 0.6 is 12.4 Å². The predicted molar refractivity (Wildman–Crippen MR) is 70.7 cm³/mol. The van der Waals surface area contributed by atoms with Crippen LogP contribution in [0.5, 0.6) is 17.2 Å². The molecule has 3 N–H and O–H groups in total. The van der Waals surface area contributed by atoms with Gasteiger partial charge in [-0.1, -0.05) is 0 Å². The summed E-state index contributed by atoms with van der Waals surface area (Å²) >= 11 is 0. The Labute approximate surface area is 121 Å². The topological polar surface area (TPSA) is 64.7 Å². The molecule has 0 heterocycles. The van der Waals surface area contributed by atoms with E-state index in [4.69, 9.17) is 15.2 Å². The molecule has 0 bridgehead atoms. The van der Waals surface area contributed by atoms with Gasteiger partial charge in [0.15, 0.2) is 11.5 Å². The van der Waals surface area contributed by atoms with Gasteiger partial charge in [-0.15, -0.1) is 12.4 Å². The van der Waals surface area contributed by atoms with E-state index < -0.39 is 18.6 Å². The number of phenolic OH excluding ortho intramolecular Hbond substituents is 1. The van der Waals surface area contributed by atoms with Gasteiger partial charge in [-0.2, -0.15) is 13.2 Å². The molecule has 0 aliphatic heterocycles. The Morgan fingerprint density at radius 2 is 1.65 bits per heavy atom. The second kappa shape index (κ2) is 7.44. The first-order chi connectivity index (χ1) is 8.78. The molecule has 0 aromatic heterocycles. The van der Waals surface area contributed by atoms with Crippen LogP contribution in [-0.4, -0.2) is 25.5 Å². The van der Waals surface area contributed by atoms with E-state index in [2.05, 4.69) is 0 Å². The molecule has 1 rings (SSSR count). The average Bonchev–Trinajstić information content (AvgIpc) is 2.35. The Morgan fingerprint density at radius 1 is 1.20 bits per heavy atom. The van der Waals surface area contributed by atoms with Crippen molar-refractivity contribution < 1.29 is 27.8 Å². The number of alkyl halides is 3. The third-order valence-corrected chi connectivity index (χ3v) is 2.67. The smallest absolute Gasteiger partial charge is 0.389 e. The van der Waals surface area contributed by atoms with Crippen LogP contribution in [0, 0.1) is 0 Å². The zero-order valence-electron chi connectivity index (χ0n) is 11.0. The number of rotatable bonds is 5. The van der Waals surface area contributed by atoms with E-state index in [0.717, 1.165) is 0 Å². The minimum atomic E-state index is -4.25. The number of ether oxygens (including phenoxy) is 2. The number of hydrogen-bond acceptors (Lipinski definition) is 4. The molecule has 0 aliphatic carbocycles. The number of halogens is 4. The fourth-order valence-corrected chi connectivity index (χ4v) is 1.61. The Bertz CT molecular complexity index is 415. The number of aromatic hydroxyl groups is 1. The van der Waals surface area contributed by atoms with Gasteiger partial charge in [0.1, 0.15) is 0 Å². The summed E-state index contributed by atoms with van der Waals surface area (Å²) in [5.41, 5.74) is 6.12. The van der Waals surface area contributed by atoms with Gasteiger partial charge in [-0.25, -0.2) is 0 Å². The second-order valence-electron chi connectivity index (χ2n) is 4.03. The molecule has 0 spiro atoms. The second-order valence-corrected chi connectivity index (χ2v) is 4.03. The Kier molecular flexibility index (Phi) is 6.95. The largest absolute Gasteiger partial charge is 0.502 e. The van der Waals surface area contributed by atoms with Crippen molar-refractivity contribution in [3.8, 4) is 17.2 Å². The molecular weight excluding hydrogens is 299 g/mol. The van der Waals surface area contributed by atoms with Crippen molar-refractivity contribution in [3.05, 3.63) is 17.7 Å². The molecule has 20 heavy (non-hydrogen) atoms. The lowest BCUT2D eigenvalue weighted by atomic mass is 10.0. The summed E-state index contributed by atoms with van der Waals surface area (Å²) in [4.78, 5) is 0. The van der Waals surface area contributed by atoms with Crippen LogP contribution in [-0.2, 0) is 0 Å². The summed E-state index contributed by atoms with van der Waals surface area (Å²) < 4.78 is 46.3. The van der Waals surface area contributed by atoms with Crippen molar-refractivity contribution in [2.24, 2.45) is 5.73 Å². The quantitative estimate of drug-likeness (QED) is 0.876. The highest BCUT2D eigenvalue weighted by Crippen LogP contribution is 2.39. The van der Waals surface area contributed by atoms with Crippen molar-refractivity contribution in [2.75, 3.05) is 14.2 Å². The van der Waals surface area contributed by atoms with Crippen molar-refractivity contribution in [1.82, 2.24) is 0 Å². The fourth-order valence-electron chi connectivity index (χ4n) is 1.61. The molecule has 8 heteroatoms. The minimum absolute atomic E-state index is 0. The fraction of sp³-hybridized carbons (Fsp3) is 0.500. The van der Waals surface area contributed by atoms with E-state index in [0.29, 0.717) is 5.56 Å². The lowest BCUT2D eigenvalue weighted by Crippen LogP contribution is -2.16. The lowest BCUT2D eigenvalue weighted by Gasteiger charge is -2.16. The third-order valence-electron chi connectivity index (χ3n) is 2.67. The number of nitrogens with two attached hydrogens (primary N) is 1. The highest BCUT2D eigenvalue weighted by atomic mass is 35.5. The minimum Gasteiger partial charge on any atom is -0.502 e. The summed E-state index contributed by atoms with van der Waals surface area (Å²) in [5.74, 6) is 0.00499. The third kappa shape index (κ3) is 4.97. The van der Waals surface area contributed by atoms with E-state index >= 15 is 0 Å². The van der Waals surface area contributed by atoms with Crippen molar-refractivity contribution in [2.45, 2.75) is 25.1 Å². The summed E-state index contributed by atoms with van der Waals surface area (Å²) in [7, 11) is 2.67. The van der Waals surface area contributed by atoms with Crippen LogP contribution < -0.4 is 15.2 Å². The van der Waals surface area contributed by atoms with Crippen LogP contribution in [0.15, 0.2) is 12.1 Å². The van der Waals surface area contributed by atoms with E-state index in [9.17, 15) is 18.3 Å². The molecule has 0 saturated heterocycles. The predicted octanol–water partition coefficient (Wildman–Crippen LogP) is 3.17. The number of methoxy groups -OCH3 is 2. The first-order valence-electron chi connectivity index (χ1n) is 5.55. The molecular formula is C12H17ClF3NO3. The summed E-state index contributed by atoms with van der Waals surface area (Å²) in [6.45, 7) is 0. The van der Waals surface area contributed by atoms with E-state index in [1.165, 1.54) is 26.4 Å². The van der Waals surface area contributed by atoms with Gasteiger partial charge >= 0.3 is 6.18 Å². The van der Waals surface area contributed by atoms with Gasteiger partial charge in [0.25, 0.3) is 0 Å². The van der Waals surface area contributed by atoms with Crippen LogP contribution in [0.3, 0.4) is 0 Å². The molecule has 0 fully saturated rings. The monoisotopic (exact) mass is 315 g/mol. The average molecular weight is 316 g/mol. The van der Waals surface area contributed by atoms with Gasteiger partial charge in [0.2, 0.25) is 5.75 Å². The summed E-state index contributed by atoms with van der Waals surface area (Å²) in [6, 6.07) is 1.99. The molecule has 1 atom stereocenters. The molecule has 0 saturated carbocycles. The van der Waals surface area contributed by atoms with E-state index in [-0.39, 0.29) is 36.1 Å². The Balaban J connectivity index is 0.00000361. The standard InChI is InChI=1S/C12H16F3NO3.ClH/c1-18-9-5-7(6-10(19-2)11(9)17)8(16)3-4-12(13,14)15;/h5-6,8,17H,3-4,16H2,1-2H3;1H/t8-;/m0./s1. The number of hydrogen-bond donors (Lipinski definition) is 2. The molecule has 0 unspecified atom stereocenters. The molecule has 4 nitrogen and oxygen atoms in total. The molecule has 0 radical (unpaired) electrons. The number of phenols is 1. The molecule has 1 aromatic rings. The Morgan fingerprint density at radius 3 is 2.00 bits per heavy atom. The summed E-state index contributed by atoms with van der Waals surface area (Å²) in [6.07, 6.45) is -5.47. The summed E-state index contributed by atoms with van der Waals surface area (Å²) in [5, 5.41) is 9.68. The molecule has 0 aliphatic rings. The molecule has 1 aromatic carbocycles. The van der Waals surface area contributed by atoms with Gasteiger partial charge in [-0.3, -0.25) is 0 Å². The molecule has 0 amide bonds. The Hall–Kier alpha value is -1.34. The van der Waals surface area contributed by atoms with Crippen molar-refractivity contribution in [1.29, 1.82) is 0 Å². The normalized spacial score (nSPS) is 12.5. The lowest BCUT2D eigenvalue weighted by molar-refractivity contribution is -0.136. The van der Waals surface area contributed by atoms with Crippen molar-refractivity contribution in [3.63, 3.8) is 0 Å². The maximum atomic E-state index is 12.1. The van der Waals surface area contributed by atoms with Gasteiger partial charge in [-0.05, 0) is 24.1 Å².